The molecule has 0 aromatic heterocycles. The average Bonchev–Trinajstić information content (AvgIpc) is 2.88. The molecule has 0 atom stereocenters. The summed E-state index contributed by atoms with van der Waals surface area (Å²) in [6.07, 6.45) is 6.14. The first kappa shape index (κ1) is 17.0. The summed E-state index contributed by atoms with van der Waals surface area (Å²) >= 11 is 0. The molecule has 0 bridgehead atoms. The molecule has 128 valence electrons. The summed E-state index contributed by atoms with van der Waals surface area (Å²) < 4.78 is 4.57. The third-order valence-corrected chi connectivity index (χ3v) is 4.38. The number of anilines is 1. The number of rotatable bonds is 3. The van der Waals surface area contributed by atoms with Crippen LogP contribution < -0.4 is 4.90 Å². The Morgan fingerprint density at radius 2 is 1.80 bits per heavy atom. The van der Waals surface area contributed by atoms with Crippen LogP contribution in [0.1, 0.15) is 34.3 Å². The predicted octanol–water partition coefficient (Wildman–Crippen LogP) is 3.86. The van der Waals surface area contributed by atoms with Crippen LogP contribution in [0.4, 0.5) is 5.69 Å². The van der Waals surface area contributed by atoms with Crippen molar-refractivity contribution in [3.63, 3.8) is 0 Å². The molecule has 25 heavy (non-hydrogen) atoms. The van der Waals surface area contributed by atoms with Gasteiger partial charge in [-0.1, -0.05) is 30.3 Å². The Bertz CT molecular complexity index is 793. The van der Waals surface area contributed by atoms with Crippen molar-refractivity contribution in [1.82, 2.24) is 0 Å². The van der Waals surface area contributed by atoms with E-state index in [2.05, 4.69) is 10.8 Å². The molecule has 0 saturated heterocycles. The molecule has 1 heterocycles. The van der Waals surface area contributed by atoms with Crippen LogP contribution in [0, 0.1) is 0 Å². The summed E-state index contributed by atoms with van der Waals surface area (Å²) in [4.78, 5) is 26.0. The van der Waals surface area contributed by atoms with Crippen LogP contribution in [0.25, 0.3) is 6.08 Å². The summed E-state index contributed by atoms with van der Waals surface area (Å²) in [5.41, 5.74) is 3.73. The van der Waals surface area contributed by atoms with Crippen LogP contribution in [0.15, 0.2) is 54.6 Å². The Kier molecular flexibility index (Phi) is 5.29. The fourth-order valence-corrected chi connectivity index (χ4v) is 3.03. The van der Waals surface area contributed by atoms with Gasteiger partial charge in [0.1, 0.15) is 0 Å². The summed E-state index contributed by atoms with van der Waals surface area (Å²) in [7, 11) is 1.34. The third kappa shape index (κ3) is 3.97. The van der Waals surface area contributed by atoms with Gasteiger partial charge in [-0.25, -0.2) is 4.79 Å². The minimum Gasteiger partial charge on any atom is -0.466 e. The lowest BCUT2D eigenvalue weighted by atomic mass is 10.1. The zero-order chi connectivity index (χ0) is 17.6. The Labute approximate surface area is 147 Å². The van der Waals surface area contributed by atoms with E-state index < -0.39 is 5.97 Å². The second-order valence-electron chi connectivity index (χ2n) is 6.02. The summed E-state index contributed by atoms with van der Waals surface area (Å²) in [6.45, 7) is 0.736. The van der Waals surface area contributed by atoms with Gasteiger partial charge < -0.3 is 9.64 Å². The lowest BCUT2D eigenvalue weighted by Crippen LogP contribution is -2.31. The molecule has 1 amide bonds. The van der Waals surface area contributed by atoms with E-state index in [0.29, 0.717) is 5.56 Å². The molecule has 2 aromatic rings. The van der Waals surface area contributed by atoms with Gasteiger partial charge in [0.05, 0.1) is 7.11 Å². The molecule has 0 radical (unpaired) electrons. The molecule has 2 aromatic carbocycles. The highest BCUT2D eigenvalue weighted by atomic mass is 16.5. The highest BCUT2D eigenvalue weighted by Crippen LogP contribution is 2.27. The molecule has 0 aliphatic carbocycles. The van der Waals surface area contributed by atoms with Crippen molar-refractivity contribution in [1.29, 1.82) is 0 Å². The monoisotopic (exact) mass is 335 g/mol. The number of para-hydroxylation sites is 1. The number of nitrogens with zero attached hydrogens (tertiary/aromatic N) is 1. The number of ether oxygens (including phenoxy) is 1. The van der Waals surface area contributed by atoms with Crippen molar-refractivity contribution in [2.24, 2.45) is 0 Å². The molecule has 0 fully saturated rings. The van der Waals surface area contributed by atoms with Crippen LogP contribution >= 0.6 is 0 Å². The van der Waals surface area contributed by atoms with Gasteiger partial charge in [-0.3, -0.25) is 4.79 Å². The van der Waals surface area contributed by atoms with Gasteiger partial charge in [0.2, 0.25) is 0 Å². The van der Waals surface area contributed by atoms with E-state index >= 15 is 0 Å². The smallest absolute Gasteiger partial charge is 0.330 e. The molecular weight excluding hydrogens is 314 g/mol. The molecule has 0 saturated carbocycles. The van der Waals surface area contributed by atoms with Crippen molar-refractivity contribution in [3.05, 3.63) is 71.3 Å². The quantitative estimate of drug-likeness (QED) is 0.632. The molecule has 4 nitrogen and oxygen atoms in total. The van der Waals surface area contributed by atoms with E-state index in [1.54, 1.807) is 18.2 Å². The number of hydrogen-bond acceptors (Lipinski definition) is 3. The zero-order valence-corrected chi connectivity index (χ0v) is 14.3. The SMILES string of the molecule is COC(=O)/C=C/c1ccc(C(=O)N2CCCCc3ccccc32)cc1. The number of benzene rings is 2. The Morgan fingerprint density at radius 3 is 2.56 bits per heavy atom. The molecular formula is C21H21NO3. The molecule has 0 N–H and O–H groups in total. The maximum absolute atomic E-state index is 13.0. The van der Waals surface area contributed by atoms with Crippen molar-refractivity contribution in [2.75, 3.05) is 18.6 Å². The fourth-order valence-electron chi connectivity index (χ4n) is 3.03. The summed E-state index contributed by atoms with van der Waals surface area (Å²) in [5.74, 6) is -0.390. The molecule has 4 heteroatoms. The van der Waals surface area contributed by atoms with E-state index in [9.17, 15) is 9.59 Å². The summed E-state index contributed by atoms with van der Waals surface area (Å²) in [5, 5.41) is 0. The Hall–Kier alpha value is -2.88. The van der Waals surface area contributed by atoms with E-state index in [0.717, 1.165) is 37.1 Å². The largest absolute Gasteiger partial charge is 0.466 e. The topological polar surface area (TPSA) is 46.6 Å². The van der Waals surface area contributed by atoms with Gasteiger partial charge in [-0.05, 0) is 54.7 Å². The minimum atomic E-state index is -0.402. The first-order valence-corrected chi connectivity index (χ1v) is 8.45. The number of fused-ring (bicyclic) bond motifs is 1. The van der Waals surface area contributed by atoms with E-state index in [-0.39, 0.29) is 5.91 Å². The van der Waals surface area contributed by atoms with Crippen LogP contribution in [-0.4, -0.2) is 25.5 Å². The van der Waals surface area contributed by atoms with Gasteiger partial charge in [0.25, 0.3) is 5.91 Å². The second-order valence-corrected chi connectivity index (χ2v) is 6.02. The van der Waals surface area contributed by atoms with Gasteiger partial charge >= 0.3 is 5.97 Å². The van der Waals surface area contributed by atoms with Gasteiger partial charge in [0.15, 0.2) is 0 Å². The number of methoxy groups -OCH3 is 1. The minimum absolute atomic E-state index is 0.0119. The van der Waals surface area contributed by atoms with Crippen molar-refractivity contribution in [2.45, 2.75) is 19.3 Å². The van der Waals surface area contributed by atoms with E-state index in [1.165, 1.54) is 18.7 Å². The Balaban J connectivity index is 1.81. The van der Waals surface area contributed by atoms with E-state index in [1.807, 2.05) is 35.2 Å². The van der Waals surface area contributed by atoms with Crippen LogP contribution in [-0.2, 0) is 16.0 Å². The van der Waals surface area contributed by atoms with Crippen molar-refractivity contribution in [3.8, 4) is 0 Å². The van der Waals surface area contributed by atoms with Crippen molar-refractivity contribution < 1.29 is 14.3 Å². The van der Waals surface area contributed by atoms with Gasteiger partial charge in [-0.2, -0.15) is 0 Å². The first-order chi connectivity index (χ1) is 12.2. The first-order valence-electron chi connectivity index (χ1n) is 8.45. The number of hydrogen-bond donors (Lipinski definition) is 0. The predicted molar refractivity (Wildman–Crippen MR) is 98.5 cm³/mol. The number of esters is 1. The lowest BCUT2D eigenvalue weighted by Gasteiger charge is -2.23. The van der Waals surface area contributed by atoms with E-state index in [4.69, 9.17) is 0 Å². The number of carbonyl (C=O) groups excluding carboxylic acids is 2. The number of amides is 1. The highest BCUT2D eigenvalue weighted by molar-refractivity contribution is 6.06. The normalized spacial score (nSPS) is 14.0. The average molecular weight is 335 g/mol. The number of aryl methyl sites for hydroxylation is 1. The van der Waals surface area contributed by atoms with Crippen LogP contribution in [0.3, 0.4) is 0 Å². The summed E-state index contributed by atoms with van der Waals surface area (Å²) in [6, 6.07) is 15.4. The van der Waals surface area contributed by atoms with Crippen LogP contribution in [0.5, 0.6) is 0 Å². The zero-order valence-electron chi connectivity index (χ0n) is 14.3. The molecule has 1 aliphatic heterocycles. The molecule has 1 aliphatic rings. The fraction of sp³-hybridized carbons (Fsp3) is 0.238. The van der Waals surface area contributed by atoms with Crippen LogP contribution in [0.2, 0.25) is 0 Å². The maximum Gasteiger partial charge on any atom is 0.330 e. The second kappa shape index (κ2) is 7.79. The molecule has 0 unspecified atom stereocenters. The third-order valence-electron chi connectivity index (χ3n) is 4.38. The van der Waals surface area contributed by atoms with Gasteiger partial charge in [0, 0.05) is 23.9 Å². The molecule has 3 rings (SSSR count). The molecule has 0 spiro atoms. The van der Waals surface area contributed by atoms with Gasteiger partial charge in [-0.15, -0.1) is 0 Å². The lowest BCUT2D eigenvalue weighted by molar-refractivity contribution is -0.134. The highest BCUT2D eigenvalue weighted by Gasteiger charge is 2.21. The Morgan fingerprint density at radius 1 is 1.04 bits per heavy atom. The standard InChI is InChI=1S/C21H21NO3/c1-25-20(23)14-11-16-9-12-18(13-10-16)21(24)22-15-5-4-7-17-6-2-3-8-19(17)22/h2-3,6,8-14H,4-5,7,15H2,1H3/b14-11+. The van der Waals surface area contributed by atoms with Crippen molar-refractivity contribution >= 4 is 23.6 Å². The maximum atomic E-state index is 13.0. The number of carbonyl (C=O) groups is 2.